The number of hydrogen-bond acceptors (Lipinski definition) is 2. The van der Waals surface area contributed by atoms with Crippen LogP contribution in [0, 0.1) is 19.8 Å². The number of piperidine rings is 1. The second kappa shape index (κ2) is 7.24. The van der Waals surface area contributed by atoms with Crippen molar-refractivity contribution in [1.82, 2.24) is 4.90 Å². The average Bonchev–Trinajstić information content (AvgIpc) is 2.44. The predicted octanol–water partition coefficient (Wildman–Crippen LogP) is 3.47. The average molecular weight is 274 g/mol. The first kappa shape index (κ1) is 15.5. The first-order valence-electron chi connectivity index (χ1n) is 8.15. The van der Waals surface area contributed by atoms with Crippen molar-refractivity contribution in [3.63, 3.8) is 0 Å². The Kier molecular flexibility index (Phi) is 5.62. The van der Waals surface area contributed by atoms with Crippen LogP contribution >= 0.6 is 0 Å². The molecule has 0 amide bonds. The number of aryl methyl sites for hydroxylation is 2. The van der Waals surface area contributed by atoms with Crippen LogP contribution in [0.2, 0.25) is 0 Å². The highest BCUT2D eigenvalue weighted by molar-refractivity contribution is 5.33. The van der Waals surface area contributed by atoms with Crippen molar-refractivity contribution in [2.75, 3.05) is 26.2 Å². The summed E-state index contributed by atoms with van der Waals surface area (Å²) >= 11 is 0. The van der Waals surface area contributed by atoms with Crippen LogP contribution < -0.4 is 5.73 Å². The molecule has 0 aromatic heterocycles. The van der Waals surface area contributed by atoms with Gasteiger partial charge in [-0.05, 0) is 82.3 Å². The Bertz CT molecular complexity index is 419. The molecule has 2 nitrogen and oxygen atoms in total. The molecule has 1 heterocycles. The Morgan fingerprint density at radius 3 is 2.50 bits per heavy atom. The summed E-state index contributed by atoms with van der Waals surface area (Å²) in [6.07, 6.45) is 3.87. The van der Waals surface area contributed by atoms with Crippen molar-refractivity contribution in [3.05, 3.63) is 34.9 Å². The van der Waals surface area contributed by atoms with Crippen LogP contribution in [0.4, 0.5) is 0 Å². The lowest BCUT2D eigenvalue weighted by molar-refractivity contribution is 0.169. The molecule has 0 spiro atoms. The number of likely N-dealkylation sites (tertiary alicyclic amines) is 1. The highest BCUT2D eigenvalue weighted by atomic mass is 15.1. The Morgan fingerprint density at radius 2 is 1.95 bits per heavy atom. The summed E-state index contributed by atoms with van der Waals surface area (Å²) in [4.78, 5) is 2.60. The highest BCUT2D eigenvalue weighted by Crippen LogP contribution is 2.33. The fourth-order valence-corrected chi connectivity index (χ4v) is 3.71. The molecule has 2 heteroatoms. The summed E-state index contributed by atoms with van der Waals surface area (Å²) in [6, 6.07) is 6.84. The van der Waals surface area contributed by atoms with Gasteiger partial charge in [0, 0.05) is 0 Å². The minimum absolute atomic E-state index is 0.541. The van der Waals surface area contributed by atoms with E-state index in [1.807, 2.05) is 0 Å². The molecule has 112 valence electrons. The normalized spacial score (nSPS) is 19.2. The van der Waals surface area contributed by atoms with E-state index < -0.39 is 0 Å². The molecule has 1 aromatic carbocycles. The van der Waals surface area contributed by atoms with Gasteiger partial charge in [0.2, 0.25) is 0 Å². The number of nitrogens with two attached hydrogens (primary N) is 1. The Morgan fingerprint density at radius 1 is 1.25 bits per heavy atom. The summed E-state index contributed by atoms with van der Waals surface area (Å²) in [5.74, 6) is 1.30. The smallest absolute Gasteiger partial charge is 0.000545 e. The van der Waals surface area contributed by atoms with Gasteiger partial charge < -0.3 is 10.6 Å². The monoisotopic (exact) mass is 274 g/mol. The van der Waals surface area contributed by atoms with Crippen molar-refractivity contribution in [1.29, 1.82) is 0 Å². The van der Waals surface area contributed by atoms with Crippen LogP contribution in [0.25, 0.3) is 0 Å². The molecule has 1 atom stereocenters. The molecule has 0 bridgehead atoms. The third kappa shape index (κ3) is 3.62. The standard InChI is InChI=1S/C18H30N2/c1-4-9-20-10-7-16(8-11-20)18(13-19)17-6-5-14(2)12-15(17)3/h5-6,12,16,18H,4,7-11,13,19H2,1-3H3. The van der Waals surface area contributed by atoms with Crippen LogP contribution in [0.3, 0.4) is 0 Å². The van der Waals surface area contributed by atoms with Crippen LogP contribution in [0.5, 0.6) is 0 Å². The van der Waals surface area contributed by atoms with E-state index in [0.717, 1.165) is 12.5 Å². The van der Waals surface area contributed by atoms with Gasteiger partial charge >= 0.3 is 0 Å². The summed E-state index contributed by atoms with van der Waals surface area (Å²) in [5, 5.41) is 0. The number of benzene rings is 1. The molecule has 0 radical (unpaired) electrons. The molecule has 1 fully saturated rings. The van der Waals surface area contributed by atoms with Gasteiger partial charge in [-0.15, -0.1) is 0 Å². The van der Waals surface area contributed by atoms with Crippen molar-refractivity contribution in [3.8, 4) is 0 Å². The van der Waals surface area contributed by atoms with E-state index in [4.69, 9.17) is 5.73 Å². The fourth-order valence-electron chi connectivity index (χ4n) is 3.71. The Hall–Kier alpha value is -0.860. The van der Waals surface area contributed by atoms with Crippen LogP contribution in [0.1, 0.15) is 48.8 Å². The van der Waals surface area contributed by atoms with Crippen molar-refractivity contribution in [2.45, 2.75) is 46.0 Å². The van der Waals surface area contributed by atoms with E-state index >= 15 is 0 Å². The number of hydrogen-bond donors (Lipinski definition) is 1. The summed E-state index contributed by atoms with van der Waals surface area (Å²) in [6.45, 7) is 11.2. The topological polar surface area (TPSA) is 29.3 Å². The van der Waals surface area contributed by atoms with Crippen LogP contribution in [-0.4, -0.2) is 31.1 Å². The van der Waals surface area contributed by atoms with Gasteiger partial charge in [-0.3, -0.25) is 0 Å². The van der Waals surface area contributed by atoms with Crippen molar-refractivity contribution in [2.24, 2.45) is 11.7 Å². The molecular formula is C18H30N2. The first-order chi connectivity index (χ1) is 9.65. The first-order valence-corrected chi connectivity index (χ1v) is 8.15. The van der Waals surface area contributed by atoms with E-state index in [1.54, 1.807) is 0 Å². The van der Waals surface area contributed by atoms with Gasteiger partial charge in [-0.2, -0.15) is 0 Å². The summed E-state index contributed by atoms with van der Waals surface area (Å²) < 4.78 is 0. The SMILES string of the molecule is CCCN1CCC(C(CN)c2ccc(C)cc2C)CC1. The molecule has 2 rings (SSSR count). The van der Waals surface area contributed by atoms with Gasteiger partial charge in [-0.1, -0.05) is 30.7 Å². The van der Waals surface area contributed by atoms with E-state index in [0.29, 0.717) is 5.92 Å². The molecule has 1 saturated heterocycles. The molecule has 1 aliphatic heterocycles. The zero-order valence-corrected chi connectivity index (χ0v) is 13.4. The predicted molar refractivity (Wildman–Crippen MR) is 87.2 cm³/mol. The highest BCUT2D eigenvalue weighted by Gasteiger charge is 2.27. The number of rotatable bonds is 5. The van der Waals surface area contributed by atoms with Gasteiger partial charge in [0.1, 0.15) is 0 Å². The lowest BCUT2D eigenvalue weighted by Crippen LogP contribution is -2.37. The van der Waals surface area contributed by atoms with E-state index in [9.17, 15) is 0 Å². The van der Waals surface area contributed by atoms with E-state index in [1.165, 1.54) is 55.6 Å². The maximum atomic E-state index is 6.12. The molecule has 0 aliphatic carbocycles. The Balaban J connectivity index is 2.05. The summed E-state index contributed by atoms with van der Waals surface area (Å²) in [7, 11) is 0. The quantitative estimate of drug-likeness (QED) is 0.891. The molecule has 1 unspecified atom stereocenters. The lowest BCUT2D eigenvalue weighted by atomic mass is 9.78. The van der Waals surface area contributed by atoms with Gasteiger partial charge in [0.25, 0.3) is 0 Å². The second-order valence-electron chi connectivity index (χ2n) is 6.38. The van der Waals surface area contributed by atoms with Gasteiger partial charge in [0.15, 0.2) is 0 Å². The molecule has 1 aromatic rings. The maximum absolute atomic E-state index is 6.12. The zero-order chi connectivity index (χ0) is 14.5. The minimum Gasteiger partial charge on any atom is -0.330 e. The fraction of sp³-hybridized carbons (Fsp3) is 0.667. The van der Waals surface area contributed by atoms with Crippen molar-refractivity contribution < 1.29 is 0 Å². The number of nitrogens with zero attached hydrogens (tertiary/aromatic N) is 1. The third-order valence-electron chi connectivity index (χ3n) is 4.82. The minimum atomic E-state index is 0.541. The molecule has 0 saturated carbocycles. The molecule has 2 N–H and O–H groups in total. The van der Waals surface area contributed by atoms with E-state index in [2.05, 4.69) is 43.9 Å². The van der Waals surface area contributed by atoms with Crippen molar-refractivity contribution >= 4 is 0 Å². The zero-order valence-electron chi connectivity index (χ0n) is 13.4. The molecular weight excluding hydrogens is 244 g/mol. The van der Waals surface area contributed by atoms with Crippen LogP contribution in [0.15, 0.2) is 18.2 Å². The Labute approximate surface area is 124 Å². The second-order valence-corrected chi connectivity index (χ2v) is 6.38. The van der Waals surface area contributed by atoms with Gasteiger partial charge in [-0.25, -0.2) is 0 Å². The maximum Gasteiger partial charge on any atom is -0.000545 e. The molecule has 20 heavy (non-hydrogen) atoms. The molecule has 1 aliphatic rings. The van der Waals surface area contributed by atoms with Crippen LogP contribution in [-0.2, 0) is 0 Å². The summed E-state index contributed by atoms with van der Waals surface area (Å²) in [5.41, 5.74) is 10.4. The van der Waals surface area contributed by atoms with Gasteiger partial charge in [0.05, 0.1) is 0 Å². The lowest BCUT2D eigenvalue weighted by Gasteiger charge is -2.36. The largest absolute Gasteiger partial charge is 0.330 e. The third-order valence-corrected chi connectivity index (χ3v) is 4.82. The van der Waals surface area contributed by atoms with E-state index in [-0.39, 0.29) is 0 Å².